The first-order valence-electron chi connectivity index (χ1n) is 7.70. The van der Waals surface area contributed by atoms with E-state index < -0.39 is 0 Å². The van der Waals surface area contributed by atoms with Gasteiger partial charge in [0.2, 0.25) is 0 Å². The van der Waals surface area contributed by atoms with Gasteiger partial charge in [-0.25, -0.2) is 0 Å². The van der Waals surface area contributed by atoms with Crippen LogP contribution in [-0.4, -0.2) is 31.1 Å². The molecule has 24 heavy (non-hydrogen) atoms. The molecule has 0 spiro atoms. The molecule has 0 atom stereocenters. The van der Waals surface area contributed by atoms with E-state index in [0.717, 1.165) is 11.1 Å². The molecule has 0 aliphatic rings. The minimum Gasteiger partial charge on any atom is -0.383 e. The third-order valence-corrected chi connectivity index (χ3v) is 5.21. The number of hydrogen-bond donors (Lipinski definition) is 0. The van der Waals surface area contributed by atoms with Crippen LogP contribution in [0.2, 0.25) is 0 Å². The number of carbonyl (C=O) groups is 1. The van der Waals surface area contributed by atoms with Gasteiger partial charge in [0.05, 0.1) is 6.61 Å². The highest BCUT2D eigenvalue weighted by Crippen LogP contribution is 2.23. The van der Waals surface area contributed by atoms with Gasteiger partial charge in [-0.1, -0.05) is 12.1 Å². The summed E-state index contributed by atoms with van der Waals surface area (Å²) in [7, 11) is 1.66. The highest BCUT2D eigenvalue weighted by atomic mass is 32.1. The van der Waals surface area contributed by atoms with Crippen molar-refractivity contribution in [1.29, 1.82) is 0 Å². The average Bonchev–Trinajstić information content (AvgIpc) is 3.32. The Balaban J connectivity index is 1.75. The molecule has 0 saturated heterocycles. The SMILES string of the molecule is COCCN(Cc1ccsc1)C(=O)c1ccc(-c2ccsc2)cc1. The zero-order valence-electron chi connectivity index (χ0n) is 13.5. The van der Waals surface area contributed by atoms with Crippen molar-refractivity contribution in [2.75, 3.05) is 20.3 Å². The molecule has 0 N–H and O–H groups in total. The molecule has 3 nitrogen and oxygen atoms in total. The van der Waals surface area contributed by atoms with Crippen molar-refractivity contribution in [3.63, 3.8) is 0 Å². The Hall–Kier alpha value is -1.95. The fourth-order valence-electron chi connectivity index (χ4n) is 2.47. The Morgan fingerprint density at radius 3 is 2.38 bits per heavy atom. The summed E-state index contributed by atoms with van der Waals surface area (Å²) in [6.07, 6.45) is 0. The molecule has 0 radical (unpaired) electrons. The van der Waals surface area contributed by atoms with Gasteiger partial charge in [-0.05, 0) is 62.5 Å². The van der Waals surface area contributed by atoms with Crippen LogP contribution in [0, 0.1) is 0 Å². The van der Waals surface area contributed by atoms with E-state index in [1.165, 1.54) is 5.56 Å². The van der Waals surface area contributed by atoms with Crippen LogP contribution in [0.5, 0.6) is 0 Å². The van der Waals surface area contributed by atoms with E-state index >= 15 is 0 Å². The van der Waals surface area contributed by atoms with Crippen LogP contribution in [-0.2, 0) is 11.3 Å². The number of ether oxygens (including phenoxy) is 1. The van der Waals surface area contributed by atoms with Crippen LogP contribution in [0.25, 0.3) is 11.1 Å². The summed E-state index contributed by atoms with van der Waals surface area (Å²) >= 11 is 3.32. The monoisotopic (exact) mass is 357 g/mol. The number of benzene rings is 1. The zero-order valence-corrected chi connectivity index (χ0v) is 15.1. The van der Waals surface area contributed by atoms with Crippen LogP contribution >= 0.6 is 22.7 Å². The van der Waals surface area contributed by atoms with Gasteiger partial charge in [-0.2, -0.15) is 22.7 Å². The predicted octanol–water partition coefficient (Wildman–Crippen LogP) is 4.77. The number of amides is 1. The second kappa shape index (κ2) is 8.24. The van der Waals surface area contributed by atoms with Gasteiger partial charge in [-0.15, -0.1) is 0 Å². The normalized spacial score (nSPS) is 10.7. The van der Waals surface area contributed by atoms with Gasteiger partial charge < -0.3 is 9.64 Å². The third-order valence-electron chi connectivity index (χ3n) is 3.79. The van der Waals surface area contributed by atoms with Gasteiger partial charge in [0, 0.05) is 25.8 Å². The average molecular weight is 358 g/mol. The first-order valence-corrected chi connectivity index (χ1v) is 9.58. The maximum absolute atomic E-state index is 12.9. The molecule has 0 bridgehead atoms. The summed E-state index contributed by atoms with van der Waals surface area (Å²) in [6.45, 7) is 1.72. The molecule has 2 aromatic heterocycles. The first kappa shape index (κ1) is 16.9. The number of carbonyl (C=O) groups excluding carboxylic acids is 1. The van der Waals surface area contributed by atoms with Crippen molar-refractivity contribution in [3.05, 3.63) is 69.0 Å². The molecule has 3 aromatic rings. The lowest BCUT2D eigenvalue weighted by Crippen LogP contribution is -2.33. The molecule has 2 heterocycles. The van der Waals surface area contributed by atoms with E-state index in [0.29, 0.717) is 25.3 Å². The maximum Gasteiger partial charge on any atom is 0.254 e. The summed E-state index contributed by atoms with van der Waals surface area (Å²) in [4.78, 5) is 14.7. The molecule has 0 saturated carbocycles. The fraction of sp³-hybridized carbons (Fsp3) is 0.211. The van der Waals surface area contributed by atoms with Crippen LogP contribution in [0.3, 0.4) is 0 Å². The van der Waals surface area contributed by atoms with Crippen molar-refractivity contribution in [1.82, 2.24) is 4.90 Å². The van der Waals surface area contributed by atoms with E-state index in [-0.39, 0.29) is 5.91 Å². The Kier molecular flexibility index (Phi) is 5.80. The third kappa shape index (κ3) is 4.12. The molecule has 0 fully saturated rings. The number of nitrogens with zero attached hydrogens (tertiary/aromatic N) is 1. The summed E-state index contributed by atoms with van der Waals surface area (Å²) in [6, 6.07) is 12.0. The quantitative estimate of drug-likeness (QED) is 0.610. The number of methoxy groups -OCH3 is 1. The molecule has 124 valence electrons. The minimum atomic E-state index is 0.0371. The van der Waals surface area contributed by atoms with Gasteiger partial charge in [0.15, 0.2) is 0 Å². The minimum absolute atomic E-state index is 0.0371. The van der Waals surface area contributed by atoms with Crippen LogP contribution in [0.1, 0.15) is 15.9 Å². The van der Waals surface area contributed by atoms with Crippen molar-refractivity contribution in [2.24, 2.45) is 0 Å². The van der Waals surface area contributed by atoms with E-state index in [4.69, 9.17) is 4.74 Å². The largest absolute Gasteiger partial charge is 0.383 e. The second-order valence-electron chi connectivity index (χ2n) is 5.44. The predicted molar refractivity (Wildman–Crippen MR) is 101 cm³/mol. The van der Waals surface area contributed by atoms with Gasteiger partial charge >= 0.3 is 0 Å². The van der Waals surface area contributed by atoms with E-state index in [9.17, 15) is 4.79 Å². The summed E-state index contributed by atoms with van der Waals surface area (Å²) < 4.78 is 5.16. The number of thiophene rings is 2. The maximum atomic E-state index is 12.9. The zero-order chi connectivity index (χ0) is 16.8. The molecule has 1 amide bonds. The van der Waals surface area contributed by atoms with Gasteiger partial charge in [-0.3, -0.25) is 4.79 Å². The van der Waals surface area contributed by atoms with E-state index in [1.54, 1.807) is 29.8 Å². The standard InChI is InChI=1S/C19H19NO2S2/c1-22-9-8-20(12-15-6-10-23-13-15)19(21)17-4-2-16(3-5-17)18-7-11-24-14-18/h2-7,10-11,13-14H,8-9,12H2,1H3. The van der Waals surface area contributed by atoms with Crippen molar-refractivity contribution in [3.8, 4) is 11.1 Å². The summed E-state index contributed by atoms with van der Waals surface area (Å²) in [5, 5.41) is 8.27. The second-order valence-corrected chi connectivity index (χ2v) is 7.00. The lowest BCUT2D eigenvalue weighted by atomic mass is 10.1. The van der Waals surface area contributed by atoms with Crippen molar-refractivity contribution in [2.45, 2.75) is 6.54 Å². The highest BCUT2D eigenvalue weighted by molar-refractivity contribution is 7.08. The number of hydrogen-bond acceptors (Lipinski definition) is 4. The molecule has 0 unspecified atom stereocenters. The van der Waals surface area contributed by atoms with Crippen molar-refractivity contribution < 1.29 is 9.53 Å². The van der Waals surface area contributed by atoms with Gasteiger partial charge in [0.1, 0.15) is 0 Å². The topological polar surface area (TPSA) is 29.5 Å². The molecule has 3 rings (SSSR count). The lowest BCUT2D eigenvalue weighted by molar-refractivity contribution is 0.0680. The van der Waals surface area contributed by atoms with Crippen molar-refractivity contribution >= 4 is 28.6 Å². The Labute approximate surface area is 150 Å². The molecule has 1 aromatic carbocycles. The van der Waals surface area contributed by atoms with Crippen LogP contribution in [0.4, 0.5) is 0 Å². The molecular formula is C19H19NO2S2. The lowest BCUT2D eigenvalue weighted by Gasteiger charge is -2.22. The molecule has 0 aliphatic heterocycles. The van der Waals surface area contributed by atoms with E-state index in [1.807, 2.05) is 34.5 Å². The molecule has 0 aliphatic carbocycles. The fourth-order valence-corrected chi connectivity index (χ4v) is 3.80. The first-order chi connectivity index (χ1) is 11.8. The Morgan fingerprint density at radius 1 is 1.00 bits per heavy atom. The van der Waals surface area contributed by atoms with Crippen LogP contribution < -0.4 is 0 Å². The number of rotatable bonds is 7. The van der Waals surface area contributed by atoms with Crippen LogP contribution in [0.15, 0.2) is 57.9 Å². The molecule has 5 heteroatoms. The Morgan fingerprint density at radius 2 is 1.75 bits per heavy atom. The smallest absolute Gasteiger partial charge is 0.254 e. The van der Waals surface area contributed by atoms with Gasteiger partial charge in [0.25, 0.3) is 5.91 Å². The highest BCUT2D eigenvalue weighted by Gasteiger charge is 2.16. The molecular weight excluding hydrogens is 338 g/mol. The van der Waals surface area contributed by atoms with E-state index in [2.05, 4.69) is 28.3 Å². The Bertz CT molecular complexity index is 749. The summed E-state index contributed by atoms with van der Waals surface area (Å²) in [5.41, 5.74) is 4.18. The summed E-state index contributed by atoms with van der Waals surface area (Å²) in [5.74, 6) is 0.0371.